The van der Waals surface area contributed by atoms with Crippen LogP contribution in [0.15, 0.2) is 109 Å². The molecule has 37 heavy (non-hydrogen) atoms. The van der Waals surface area contributed by atoms with E-state index in [9.17, 15) is 0 Å². The zero-order valence-corrected chi connectivity index (χ0v) is 21.0. The van der Waals surface area contributed by atoms with Crippen molar-refractivity contribution in [1.29, 1.82) is 0 Å². The van der Waals surface area contributed by atoms with Crippen molar-refractivity contribution in [2.24, 2.45) is 0 Å². The molecule has 0 aliphatic rings. The average molecular weight is 492 g/mol. The maximum absolute atomic E-state index is 8.91. The number of benzene rings is 4. The molecule has 0 unspecified atom stereocenters. The molecule has 0 saturated heterocycles. The minimum atomic E-state index is -0.728. The third-order valence-corrected chi connectivity index (χ3v) is 6.78. The lowest BCUT2D eigenvalue weighted by Gasteiger charge is -2.34. The smallest absolute Gasteiger partial charge is 0.157 e. The van der Waals surface area contributed by atoms with Crippen LogP contribution in [0.5, 0.6) is 0 Å². The van der Waals surface area contributed by atoms with Gasteiger partial charge in [-0.05, 0) is 47.2 Å². The quantitative estimate of drug-likeness (QED) is 0.163. The molecule has 0 bridgehead atoms. The molecule has 0 saturated carbocycles. The maximum Gasteiger partial charge on any atom is 0.157 e. The zero-order chi connectivity index (χ0) is 25.3. The average Bonchev–Trinajstić information content (AvgIpc) is 3.38. The third kappa shape index (κ3) is 5.33. The number of hydrogen-bond acceptors (Lipinski definition) is 4. The van der Waals surface area contributed by atoms with E-state index in [2.05, 4.69) is 84.9 Å². The predicted octanol–water partition coefficient (Wildman–Crippen LogP) is 6.34. The van der Waals surface area contributed by atoms with Gasteiger partial charge in [0.15, 0.2) is 5.54 Å². The molecular weight excluding hydrogens is 458 g/mol. The number of aliphatic hydroxyl groups excluding tert-OH is 1. The normalized spacial score (nSPS) is 11.7. The number of hydrogen-bond donors (Lipinski definition) is 1. The molecular formula is C32H33N3O2. The van der Waals surface area contributed by atoms with Crippen molar-refractivity contribution in [3.8, 4) is 0 Å². The van der Waals surface area contributed by atoms with Crippen molar-refractivity contribution < 1.29 is 9.84 Å². The number of nitrogens with zero attached hydrogens (tertiary/aromatic N) is 3. The Hall–Kier alpha value is -3.80. The Morgan fingerprint density at radius 3 is 1.73 bits per heavy atom. The summed E-state index contributed by atoms with van der Waals surface area (Å²) in [6.45, 7) is 1.53. The largest absolute Gasteiger partial charge is 0.396 e. The minimum absolute atomic E-state index is 0.266. The van der Waals surface area contributed by atoms with Gasteiger partial charge in [0.2, 0.25) is 0 Å². The van der Waals surface area contributed by atoms with Crippen LogP contribution in [0.1, 0.15) is 47.9 Å². The van der Waals surface area contributed by atoms with Crippen LogP contribution in [-0.2, 0) is 16.9 Å². The van der Waals surface area contributed by atoms with Crippen LogP contribution in [0, 0.1) is 0 Å². The third-order valence-electron chi connectivity index (χ3n) is 6.78. The number of aliphatic hydroxyl groups is 1. The van der Waals surface area contributed by atoms with Gasteiger partial charge in [0, 0.05) is 13.2 Å². The Balaban J connectivity index is 1.52. The Kier molecular flexibility index (Phi) is 8.04. The summed E-state index contributed by atoms with van der Waals surface area (Å²) in [6.07, 6.45) is 3.99. The molecule has 5 aromatic rings. The molecule has 5 heteroatoms. The summed E-state index contributed by atoms with van der Waals surface area (Å²) < 4.78 is 5.91. The number of unbranched alkanes of at least 4 members (excludes halogenated alkanes) is 3. The minimum Gasteiger partial charge on any atom is -0.396 e. The molecule has 1 N–H and O–H groups in total. The van der Waals surface area contributed by atoms with E-state index in [-0.39, 0.29) is 6.61 Å². The van der Waals surface area contributed by atoms with Crippen molar-refractivity contribution in [3.63, 3.8) is 0 Å². The van der Waals surface area contributed by atoms with Gasteiger partial charge >= 0.3 is 0 Å². The number of ether oxygens (including phenoxy) is 1. The molecule has 0 amide bonds. The van der Waals surface area contributed by atoms with Gasteiger partial charge in [0.1, 0.15) is 11.0 Å². The Labute approximate surface area is 218 Å². The number of fused-ring (bicyclic) bond motifs is 1. The summed E-state index contributed by atoms with van der Waals surface area (Å²) in [5.74, 6) is 0. The SMILES string of the molecule is OCCCCCCOCc1ccc2nn(C(c3ccccc3)(c3ccccc3)c3ccccc3)nc2c1. The highest BCUT2D eigenvalue weighted by Gasteiger charge is 2.40. The molecule has 1 heterocycles. The van der Waals surface area contributed by atoms with Crippen LogP contribution >= 0.6 is 0 Å². The Bertz CT molecular complexity index is 1290. The Morgan fingerprint density at radius 1 is 0.622 bits per heavy atom. The molecule has 188 valence electrons. The van der Waals surface area contributed by atoms with E-state index in [1.54, 1.807) is 0 Å². The van der Waals surface area contributed by atoms with Crippen LogP contribution in [-0.4, -0.2) is 33.3 Å². The molecule has 5 rings (SSSR count). The monoisotopic (exact) mass is 491 g/mol. The second kappa shape index (κ2) is 12.0. The van der Waals surface area contributed by atoms with Crippen LogP contribution < -0.4 is 0 Å². The molecule has 0 spiro atoms. The summed E-state index contributed by atoms with van der Waals surface area (Å²) >= 11 is 0. The second-order valence-electron chi connectivity index (χ2n) is 9.31. The van der Waals surface area contributed by atoms with Crippen molar-refractivity contribution in [2.45, 2.75) is 37.8 Å². The fourth-order valence-corrected chi connectivity index (χ4v) is 4.94. The van der Waals surface area contributed by atoms with Crippen molar-refractivity contribution in [1.82, 2.24) is 15.0 Å². The summed E-state index contributed by atoms with van der Waals surface area (Å²) in [7, 11) is 0. The Morgan fingerprint density at radius 2 is 1.16 bits per heavy atom. The van der Waals surface area contributed by atoms with Crippen LogP contribution in [0.2, 0.25) is 0 Å². The molecule has 5 nitrogen and oxygen atoms in total. The van der Waals surface area contributed by atoms with Crippen molar-refractivity contribution in [2.75, 3.05) is 13.2 Å². The highest BCUT2D eigenvalue weighted by molar-refractivity contribution is 5.74. The van der Waals surface area contributed by atoms with E-state index < -0.39 is 5.54 Å². The van der Waals surface area contributed by atoms with Gasteiger partial charge in [0.25, 0.3) is 0 Å². The first kappa shape index (κ1) is 24.9. The molecule has 0 radical (unpaired) electrons. The summed E-state index contributed by atoms with van der Waals surface area (Å²) in [6, 6.07) is 37.6. The van der Waals surface area contributed by atoms with Gasteiger partial charge in [0.05, 0.1) is 6.61 Å². The lowest BCUT2D eigenvalue weighted by molar-refractivity contribution is 0.116. The number of rotatable bonds is 12. The molecule has 0 fully saturated rings. The topological polar surface area (TPSA) is 60.2 Å². The van der Waals surface area contributed by atoms with Gasteiger partial charge in [-0.3, -0.25) is 0 Å². The highest BCUT2D eigenvalue weighted by Crippen LogP contribution is 2.40. The van der Waals surface area contributed by atoms with Crippen LogP contribution in [0.4, 0.5) is 0 Å². The first-order chi connectivity index (χ1) is 18.3. The van der Waals surface area contributed by atoms with E-state index in [0.29, 0.717) is 6.61 Å². The van der Waals surface area contributed by atoms with Crippen LogP contribution in [0.3, 0.4) is 0 Å². The molecule has 1 aromatic heterocycles. The van der Waals surface area contributed by atoms with Crippen LogP contribution in [0.25, 0.3) is 11.0 Å². The van der Waals surface area contributed by atoms with Crippen molar-refractivity contribution in [3.05, 3.63) is 131 Å². The maximum atomic E-state index is 8.91. The molecule has 0 atom stereocenters. The predicted molar refractivity (Wildman–Crippen MR) is 147 cm³/mol. The van der Waals surface area contributed by atoms with E-state index in [0.717, 1.165) is 65.6 Å². The van der Waals surface area contributed by atoms with E-state index >= 15 is 0 Å². The lowest BCUT2D eigenvalue weighted by Crippen LogP contribution is -2.39. The summed E-state index contributed by atoms with van der Waals surface area (Å²) in [4.78, 5) is 1.88. The van der Waals surface area contributed by atoms with E-state index in [1.165, 1.54) is 0 Å². The standard InChI is InChI=1S/C32H33N3O2/c36-22-12-1-2-13-23-37-25-26-20-21-30-31(24-26)34-35(33-30)32(27-14-6-3-7-15-27,28-16-8-4-9-17-28)29-18-10-5-11-19-29/h3-11,14-21,24,36H,1-2,12-13,22-23,25H2. The van der Waals surface area contributed by atoms with Crippen molar-refractivity contribution >= 4 is 11.0 Å². The molecule has 0 aliphatic heterocycles. The fourth-order valence-electron chi connectivity index (χ4n) is 4.94. The van der Waals surface area contributed by atoms with Gasteiger partial charge in [-0.1, -0.05) is 110 Å². The zero-order valence-electron chi connectivity index (χ0n) is 21.0. The first-order valence-electron chi connectivity index (χ1n) is 13.0. The van der Waals surface area contributed by atoms with Gasteiger partial charge in [-0.15, -0.1) is 0 Å². The highest BCUT2D eigenvalue weighted by atomic mass is 16.5. The summed E-state index contributed by atoms with van der Waals surface area (Å²) in [5.41, 5.74) is 5.33. The lowest BCUT2D eigenvalue weighted by atomic mass is 9.77. The van der Waals surface area contributed by atoms with Gasteiger partial charge < -0.3 is 9.84 Å². The second-order valence-corrected chi connectivity index (χ2v) is 9.31. The van der Waals surface area contributed by atoms with E-state index in [1.807, 2.05) is 29.1 Å². The van der Waals surface area contributed by atoms with Gasteiger partial charge in [-0.25, -0.2) is 0 Å². The molecule has 0 aliphatic carbocycles. The summed E-state index contributed by atoms with van der Waals surface area (Å²) in [5, 5.41) is 19.0. The van der Waals surface area contributed by atoms with Gasteiger partial charge in [-0.2, -0.15) is 15.0 Å². The fraction of sp³-hybridized carbons (Fsp3) is 0.250. The number of aromatic nitrogens is 3. The molecule has 4 aromatic carbocycles. The van der Waals surface area contributed by atoms with E-state index in [4.69, 9.17) is 20.0 Å². The first-order valence-corrected chi connectivity index (χ1v) is 13.0.